The summed E-state index contributed by atoms with van der Waals surface area (Å²) in [6.07, 6.45) is 1.07. The van der Waals surface area contributed by atoms with E-state index in [9.17, 15) is 8.78 Å². The number of halogens is 2. The molecule has 0 fully saturated rings. The van der Waals surface area contributed by atoms with Gasteiger partial charge in [-0.25, -0.2) is 13.9 Å². The minimum absolute atomic E-state index is 0.0886. The zero-order chi connectivity index (χ0) is 19.4. The molecule has 0 aliphatic heterocycles. The molecule has 1 heterocycles. The summed E-state index contributed by atoms with van der Waals surface area (Å²) in [4.78, 5) is 0. The molecule has 0 aliphatic rings. The van der Waals surface area contributed by atoms with Crippen LogP contribution in [0.1, 0.15) is 36.7 Å². The van der Waals surface area contributed by atoms with E-state index in [0.717, 1.165) is 18.3 Å². The molecule has 140 valence electrons. The lowest BCUT2D eigenvalue weighted by Gasteiger charge is -2.08. The normalized spacial score (nSPS) is 11.4. The molecule has 3 aromatic rings. The second-order valence-corrected chi connectivity index (χ2v) is 6.54. The van der Waals surface area contributed by atoms with Crippen molar-refractivity contribution in [2.24, 2.45) is 5.10 Å². The molecule has 8 heteroatoms. The average Bonchev–Trinajstić information content (AvgIpc) is 3.00. The monoisotopic (exact) mass is 388 g/mol. The maximum atomic E-state index is 13.7. The summed E-state index contributed by atoms with van der Waals surface area (Å²) < 4.78 is 34.6. The van der Waals surface area contributed by atoms with Gasteiger partial charge in [-0.3, -0.25) is 0 Å². The number of aromatic nitrogens is 3. The predicted octanol–water partition coefficient (Wildman–Crippen LogP) is 4.80. The van der Waals surface area contributed by atoms with Gasteiger partial charge in [-0.1, -0.05) is 32.0 Å². The van der Waals surface area contributed by atoms with Gasteiger partial charge in [0.2, 0.25) is 4.77 Å². The number of ether oxygens (including phenoxy) is 1. The summed E-state index contributed by atoms with van der Waals surface area (Å²) in [5.41, 5.74) is 0.957. The van der Waals surface area contributed by atoms with Crippen molar-refractivity contribution >= 4 is 18.4 Å². The lowest BCUT2D eigenvalue weighted by Crippen LogP contribution is -2.05. The Morgan fingerprint density at radius 2 is 1.85 bits per heavy atom. The lowest BCUT2D eigenvalue weighted by molar-refractivity contribution is 0.290. The quantitative estimate of drug-likeness (QED) is 0.487. The molecule has 0 saturated heterocycles. The molecule has 3 rings (SSSR count). The fourth-order valence-electron chi connectivity index (χ4n) is 2.38. The van der Waals surface area contributed by atoms with Crippen molar-refractivity contribution in [3.8, 4) is 5.75 Å². The standard InChI is InChI=1S/C19H18F2N4OS/c1-12(2)13-6-8-14(9-7-13)26-11-18-23-24-19(27)25(18)22-10-15-16(20)4-3-5-17(15)21/h3-10,12H,11H2,1-2H3,(H,24,27)/b22-10-. The molecular formula is C19H18F2N4OS. The maximum Gasteiger partial charge on any atom is 0.216 e. The average molecular weight is 388 g/mol. The SMILES string of the molecule is CC(C)c1ccc(OCc2n[nH]c(=S)n2/N=C\c2c(F)cccc2F)cc1. The van der Waals surface area contributed by atoms with Crippen LogP contribution in [0, 0.1) is 16.4 Å². The van der Waals surface area contributed by atoms with E-state index in [2.05, 4.69) is 29.1 Å². The molecule has 5 nitrogen and oxygen atoms in total. The summed E-state index contributed by atoms with van der Waals surface area (Å²) in [6, 6.07) is 11.3. The van der Waals surface area contributed by atoms with Crippen LogP contribution in [0.3, 0.4) is 0 Å². The van der Waals surface area contributed by atoms with E-state index in [1.165, 1.54) is 16.3 Å². The van der Waals surface area contributed by atoms with Gasteiger partial charge in [0.05, 0.1) is 11.8 Å². The summed E-state index contributed by atoms with van der Waals surface area (Å²) in [5.74, 6) is 0.0574. The van der Waals surface area contributed by atoms with Crippen LogP contribution in [0.5, 0.6) is 5.75 Å². The molecule has 1 N–H and O–H groups in total. The molecule has 0 amide bonds. The lowest BCUT2D eigenvalue weighted by atomic mass is 10.0. The number of H-pyrrole nitrogens is 1. The number of hydrogen-bond donors (Lipinski definition) is 1. The van der Waals surface area contributed by atoms with Gasteiger partial charge in [-0.2, -0.15) is 14.9 Å². The minimum atomic E-state index is -0.711. The highest BCUT2D eigenvalue weighted by atomic mass is 32.1. The van der Waals surface area contributed by atoms with E-state index in [4.69, 9.17) is 17.0 Å². The Bertz CT molecular complexity index is 989. The van der Waals surface area contributed by atoms with Crippen LogP contribution >= 0.6 is 12.2 Å². The number of rotatable bonds is 6. The smallest absolute Gasteiger partial charge is 0.216 e. The summed E-state index contributed by atoms with van der Waals surface area (Å²) in [6.45, 7) is 4.32. The van der Waals surface area contributed by atoms with Crippen molar-refractivity contribution in [2.75, 3.05) is 0 Å². The molecule has 0 saturated carbocycles. The molecule has 0 unspecified atom stereocenters. The van der Waals surface area contributed by atoms with E-state index < -0.39 is 11.6 Å². The van der Waals surface area contributed by atoms with Crippen molar-refractivity contribution in [3.63, 3.8) is 0 Å². The third-order valence-electron chi connectivity index (χ3n) is 3.93. The van der Waals surface area contributed by atoms with Crippen LogP contribution < -0.4 is 4.74 Å². The van der Waals surface area contributed by atoms with E-state index in [1.807, 2.05) is 24.3 Å². The van der Waals surface area contributed by atoms with E-state index in [1.54, 1.807) is 0 Å². The van der Waals surface area contributed by atoms with E-state index in [-0.39, 0.29) is 16.9 Å². The number of hydrogen-bond acceptors (Lipinski definition) is 4. The zero-order valence-electron chi connectivity index (χ0n) is 14.8. The summed E-state index contributed by atoms with van der Waals surface area (Å²) in [7, 11) is 0. The first-order valence-electron chi connectivity index (χ1n) is 8.33. The first kappa shape index (κ1) is 18.9. The Labute approximate surface area is 160 Å². The van der Waals surface area contributed by atoms with Crippen molar-refractivity contribution in [1.29, 1.82) is 0 Å². The first-order chi connectivity index (χ1) is 13.0. The van der Waals surface area contributed by atoms with E-state index in [0.29, 0.717) is 17.5 Å². The molecule has 0 spiro atoms. The highest BCUT2D eigenvalue weighted by molar-refractivity contribution is 7.71. The fourth-order valence-corrected chi connectivity index (χ4v) is 2.58. The van der Waals surface area contributed by atoms with Crippen molar-refractivity contribution in [1.82, 2.24) is 14.9 Å². The third-order valence-corrected chi connectivity index (χ3v) is 4.20. The van der Waals surface area contributed by atoms with Crippen LogP contribution in [0.25, 0.3) is 0 Å². The largest absolute Gasteiger partial charge is 0.486 e. The fraction of sp³-hybridized carbons (Fsp3) is 0.211. The molecule has 0 atom stereocenters. The van der Waals surface area contributed by atoms with Gasteiger partial charge in [-0.05, 0) is 48.0 Å². The molecule has 0 bridgehead atoms. The van der Waals surface area contributed by atoms with Gasteiger partial charge in [0.25, 0.3) is 0 Å². The Kier molecular flexibility index (Phi) is 5.75. The molecule has 27 heavy (non-hydrogen) atoms. The van der Waals surface area contributed by atoms with Gasteiger partial charge < -0.3 is 4.74 Å². The van der Waals surface area contributed by atoms with Gasteiger partial charge in [0.1, 0.15) is 24.0 Å². The Hall–Kier alpha value is -2.87. The van der Waals surface area contributed by atoms with Crippen molar-refractivity contribution in [2.45, 2.75) is 26.4 Å². The number of aromatic amines is 1. The molecule has 0 radical (unpaired) electrons. The predicted molar refractivity (Wildman–Crippen MR) is 102 cm³/mol. The van der Waals surface area contributed by atoms with Crippen LogP contribution in [-0.2, 0) is 6.61 Å². The molecule has 2 aromatic carbocycles. The molecular weight excluding hydrogens is 370 g/mol. The Morgan fingerprint density at radius 3 is 2.48 bits per heavy atom. The van der Waals surface area contributed by atoms with Crippen molar-refractivity contribution in [3.05, 3.63) is 75.8 Å². The van der Waals surface area contributed by atoms with Gasteiger partial charge in [-0.15, -0.1) is 0 Å². The van der Waals surface area contributed by atoms with E-state index >= 15 is 0 Å². The van der Waals surface area contributed by atoms with Crippen LogP contribution in [0.4, 0.5) is 8.78 Å². The summed E-state index contributed by atoms with van der Waals surface area (Å²) >= 11 is 5.12. The minimum Gasteiger partial charge on any atom is -0.486 e. The highest BCUT2D eigenvalue weighted by Crippen LogP contribution is 2.19. The molecule has 1 aromatic heterocycles. The Morgan fingerprint density at radius 1 is 1.19 bits per heavy atom. The maximum absolute atomic E-state index is 13.7. The highest BCUT2D eigenvalue weighted by Gasteiger charge is 2.09. The van der Waals surface area contributed by atoms with Crippen LogP contribution in [0.15, 0.2) is 47.6 Å². The van der Waals surface area contributed by atoms with Crippen LogP contribution in [-0.4, -0.2) is 21.1 Å². The van der Waals surface area contributed by atoms with Crippen molar-refractivity contribution < 1.29 is 13.5 Å². The van der Waals surface area contributed by atoms with Crippen LogP contribution in [0.2, 0.25) is 0 Å². The third kappa shape index (κ3) is 4.46. The topological polar surface area (TPSA) is 55.2 Å². The zero-order valence-corrected chi connectivity index (χ0v) is 15.6. The second kappa shape index (κ2) is 8.22. The first-order valence-corrected chi connectivity index (χ1v) is 8.74. The second-order valence-electron chi connectivity index (χ2n) is 6.15. The van der Waals surface area contributed by atoms with Gasteiger partial charge in [0, 0.05) is 0 Å². The van der Waals surface area contributed by atoms with Gasteiger partial charge in [0.15, 0.2) is 5.82 Å². The summed E-state index contributed by atoms with van der Waals surface area (Å²) in [5, 5.41) is 10.7. The molecule has 0 aliphatic carbocycles. The number of benzene rings is 2. The number of nitrogens with one attached hydrogen (secondary N) is 1. The van der Waals surface area contributed by atoms with Gasteiger partial charge >= 0.3 is 0 Å². The number of nitrogens with zero attached hydrogens (tertiary/aromatic N) is 3. The Balaban J connectivity index is 1.77.